The molecule has 0 spiro atoms. The number of hydrogen-bond acceptors (Lipinski definition) is 2. The zero-order valence-electron chi connectivity index (χ0n) is 9.49. The Labute approximate surface area is 116 Å². The van der Waals surface area contributed by atoms with Gasteiger partial charge in [0.1, 0.15) is 0 Å². The van der Waals surface area contributed by atoms with Gasteiger partial charge in [-0.15, -0.1) is 22.9 Å². The van der Waals surface area contributed by atoms with Gasteiger partial charge in [-0.25, -0.2) is 0 Å². The van der Waals surface area contributed by atoms with E-state index in [1.807, 2.05) is 6.07 Å². The van der Waals surface area contributed by atoms with Crippen LogP contribution in [-0.4, -0.2) is 7.05 Å². The first kappa shape index (κ1) is 12.7. The van der Waals surface area contributed by atoms with E-state index in [9.17, 15) is 0 Å². The molecule has 0 unspecified atom stereocenters. The molecule has 0 amide bonds. The summed E-state index contributed by atoms with van der Waals surface area (Å²) in [6.07, 6.45) is 0. The molecule has 90 valence electrons. The highest BCUT2D eigenvalue weighted by Crippen LogP contribution is 2.24. The normalized spacial score (nSPS) is 10.5. The molecule has 2 rings (SSSR count). The van der Waals surface area contributed by atoms with Crippen LogP contribution in [-0.2, 0) is 12.4 Å². The highest BCUT2D eigenvalue weighted by molar-refractivity contribution is 7.16. The molecule has 0 saturated carbocycles. The second-order valence-electron chi connectivity index (χ2n) is 3.86. The number of thiophene rings is 1. The quantitative estimate of drug-likeness (QED) is 0.731. The topological polar surface area (TPSA) is 3.24 Å². The fraction of sp³-hybridized carbons (Fsp3) is 0.231. The monoisotopic (exact) mass is 285 g/mol. The van der Waals surface area contributed by atoms with Crippen molar-refractivity contribution in [3.8, 4) is 0 Å². The molecule has 0 fully saturated rings. The lowest BCUT2D eigenvalue weighted by Gasteiger charge is -2.18. The first-order valence-corrected chi connectivity index (χ1v) is 7.02. The molecule has 0 radical (unpaired) electrons. The van der Waals surface area contributed by atoms with Gasteiger partial charge in [0, 0.05) is 23.5 Å². The molecule has 0 aliphatic heterocycles. The minimum Gasteiger partial charge on any atom is -0.369 e. The molecular weight excluding hydrogens is 273 g/mol. The summed E-state index contributed by atoms with van der Waals surface area (Å²) < 4.78 is 0.839. The van der Waals surface area contributed by atoms with Gasteiger partial charge in [0.15, 0.2) is 0 Å². The van der Waals surface area contributed by atoms with Gasteiger partial charge in [-0.1, -0.05) is 23.7 Å². The number of hydrogen-bond donors (Lipinski definition) is 0. The molecule has 0 atom stereocenters. The van der Waals surface area contributed by atoms with Crippen LogP contribution in [0.25, 0.3) is 0 Å². The number of rotatable bonds is 4. The van der Waals surface area contributed by atoms with Crippen LogP contribution in [0.5, 0.6) is 0 Å². The van der Waals surface area contributed by atoms with Gasteiger partial charge < -0.3 is 4.90 Å². The molecule has 0 N–H and O–H groups in total. The first-order valence-electron chi connectivity index (χ1n) is 5.29. The SMILES string of the molecule is CN(Cc1ccc(Cl)s1)c1ccc(CCl)cc1. The van der Waals surface area contributed by atoms with Crippen molar-refractivity contribution in [1.82, 2.24) is 0 Å². The Kier molecular flexibility index (Phi) is 4.32. The van der Waals surface area contributed by atoms with Crippen LogP contribution in [0.15, 0.2) is 36.4 Å². The van der Waals surface area contributed by atoms with E-state index in [1.165, 1.54) is 10.6 Å². The lowest BCUT2D eigenvalue weighted by Crippen LogP contribution is -2.15. The van der Waals surface area contributed by atoms with E-state index in [2.05, 4.69) is 42.3 Å². The van der Waals surface area contributed by atoms with Crippen LogP contribution < -0.4 is 4.90 Å². The Bertz CT molecular complexity index is 478. The lowest BCUT2D eigenvalue weighted by atomic mass is 10.2. The molecule has 1 heterocycles. The largest absolute Gasteiger partial charge is 0.369 e. The van der Waals surface area contributed by atoms with Gasteiger partial charge in [0.25, 0.3) is 0 Å². The van der Waals surface area contributed by atoms with Crippen LogP contribution in [0.2, 0.25) is 4.34 Å². The minimum atomic E-state index is 0.560. The molecule has 0 bridgehead atoms. The summed E-state index contributed by atoms with van der Waals surface area (Å²) in [6, 6.07) is 12.3. The third kappa shape index (κ3) is 3.38. The Morgan fingerprint density at radius 1 is 1.12 bits per heavy atom. The summed E-state index contributed by atoms with van der Waals surface area (Å²) >= 11 is 13.3. The van der Waals surface area contributed by atoms with Crippen molar-refractivity contribution in [3.63, 3.8) is 0 Å². The molecule has 1 aromatic carbocycles. The highest BCUT2D eigenvalue weighted by atomic mass is 35.5. The molecule has 1 nitrogen and oxygen atoms in total. The summed E-state index contributed by atoms with van der Waals surface area (Å²) in [5.41, 5.74) is 2.33. The number of benzene rings is 1. The average Bonchev–Trinajstić information content (AvgIpc) is 2.75. The Hall–Kier alpha value is -0.700. The number of alkyl halides is 1. The van der Waals surface area contributed by atoms with Crippen molar-refractivity contribution in [2.75, 3.05) is 11.9 Å². The molecule has 4 heteroatoms. The van der Waals surface area contributed by atoms with Crippen LogP contribution in [0.4, 0.5) is 5.69 Å². The fourth-order valence-corrected chi connectivity index (χ4v) is 2.92. The number of nitrogens with zero attached hydrogens (tertiary/aromatic N) is 1. The van der Waals surface area contributed by atoms with E-state index in [0.717, 1.165) is 16.4 Å². The standard InChI is InChI=1S/C13H13Cl2NS/c1-16(9-12-6-7-13(15)17-12)11-4-2-10(8-14)3-5-11/h2-7H,8-9H2,1H3. The predicted octanol–water partition coefficient (Wildman–Crippen LogP) is 4.78. The Morgan fingerprint density at radius 3 is 2.35 bits per heavy atom. The maximum Gasteiger partial charge on any atom is 0.0931 e. The lowest BCUT2D eigenvalue weighted by molar-refractivity contribution is 0.940. The summed E-state index contributed by atoms with van der Waals surface area (Å²) in [6.45, 7) is 0.873. The van der Waals surface area contributed by atoms with E-state index in [4.69, 9.17) is 23.2 Å². The van der Waals surface area contributed by atoms with E-state index >= 15 is 0 Å². The van der Waals surface area contributed by atoms with Crippen molar-refractivity contribution in [2.45, 2.75) is 12.4 Å². The smallest absolute Gasteiger partial charge is 0.0931 e. The van der Waals surface area contributed by atoms with E-state index in [1.54, 1.807) is 11.3 Å². The van der Waals surface area contributed by atoms with E-state index in [-0.39, 0.29) is 0 Å². The van der Waals surface area contributed by atoms with Gasteiger partial charge >= 0.3 is 0 Å². The molecule has 1 aromatic heterocycles. The average molecular weight is 286 g/mol. The molecule has 17 heavy (non-hydrogen) atoms. The van der Waals surface area contributed by atoms with Gasteiger partial charge in [0.05, 0.1) is 10.9 Å². The van der Waals surface area contributed by atoms with Crippen molar-refractivity contribution >= 4 is 40.2 Å². The predicted molar refractivity (Wildman–Crippen MR) is 77.4 cm³/mol. The van der Waals surface area contributed by atoms with E-state index < -0.39 is 0 Å². The maximum atomic E-state index is 5.91. The maximum absolute atomic E-state index is 5.91. The zero-order valence-corrected chi connectivity index (χ0v) is 11.8. The number of halogens is 2. The third-order valence-corrected chi connectivity index (χ3v) is 4.08. The van der Waals surface area contributed by atoms with Crippen LogP contribution >= 0.6 is 34.5 Å². The van der Waals surface area contributed by atoms with Crippen molar-refractivity contribution in [2.24, 2.45) is 0 Å². The zero-order chi connectivity index (χ0) is 12.3. The summed E-state index contributed by atoms with van der Waals surface area (Å²) in [5, 5.41) is 0. The minimum absolute atomic E-state index is 0.560. The second-order valence-corrected chi connectivity index (χ2v) is 5.93. The first-order chi connectivity index (χ1) is 8.19. The van der Waals surface area contributed by atoms with Crippen molar-refractivity contribution in [3.05, 3.63) is 51.2 Å². The summed E-state index contributed by atoms with van der Waals surface area (Å²) in [7, 11) is 2.07. The van der Waals surface area contributed by atoms with Gasteiger partial charge in [-0.05, 0) is 29.8 Å². The molecule has 2 aromatic rings. The highest BCUT2D eigenvalue weighted by Gasteiger charge is 2.04. The van der Waals surface area contributed by atoms with Gasteiger partial charge in [0.2, 0.25) is 0 Å². The number of anilines is 1. The van der Waals surface area contributed by atoms with Crippen LogP contribution in [0.3, 0.4) is 0 Å². The second kappa shape index (κ2) is 5.76. The van der Waals surface area contributed by atoms with E-state index in [0.29, 0.717) is 5.88 Å². The summed E-state index contributed by atoms with van der Waals surface area (Å²) in [5.74, 6) is 0.560. The Morgan fingerprint density at radius 2 is 1.82 bits per heavy atom. The van der Waals surface area contributed by atoms with Gasteiger partial charge in [-0.2, -0.15) is 0 Å². The third-order valence-electron chi connectivity index (χ3n) is 2.55. The van der Waals surface area contributed by atoms with Gasteiger partial charge in [-0.3, -0.25) is 0 Å². The fourth-order valence-electron chi connectivity index (χ4n) is 1.60. The summed E-state index contributed by atoms with van der Waals surface area (Å²) in [4.78, 5) is 3.46. The molecule has 0 aliphatic carbocycles. The van der Waals surface area contributed by atoms with Crippen LogP contribution in [0, 0.1) is 0 Å². The molecule has 0 aliphatic rings. The Balaban J connectivity index is 2.06. The van der Waals surface area contributed by atoms with Crippen molar-refractivity contribution in [1.29, 1.82) is 0 Å². The molecular formula is C13H13Cl2NS. The van der Waals surface area contributed by atoms with Crippen molar-refractivity contribution < 1.29 is 0 Å². The molecule has 0 saturated heterocycles. The van der Waals surface area contributed by atoms with Crippen LogP contribution in [0.1, 0.15) is 10.4 Å².